The highest BCUT2D eigenvalue weighted by molar-refractivity contribution is 4.96. The fourth-order valence-corrected chi connectivity index (χ4v) is 2.76. The second kappa shape index (κ2) is 5.10. The van der Waals surface area contributed by atoms with E-state index in [4.69, 9.17) is 5.84 Å². The summed E-state index contributed by atoms with van der Waals surface area (Å²) in [5.41, 5.74) is 3.21. The minimum absolute atomic E-state index is 0.269. The van der Waals surface area contributed by atoms with E-state index in [1.54, 1.807) is 0 Å². The summed E-state index contributed by atoms with van der Waals surface area (Å²) in [7, 11) is 4.36. The largest absolute Gasteiger partial charge is 0.302 e. The monoisotopic (exact) mass is 199 g/mol. The van der Waals surface area contributed by atoms with Crippen LogP contribution in [0, 0.1) is 0 Å². The lowest BCUT2D eigenvalue weighted by Gasteiger charge is -2.44. The molecule has 3 N–H and O–H groups in total. The first-order valence-corrected chi connectivity index (χ1v) is 5.77. The van der Waals surface area contributed by atoms with Crippen LogP contribution in [0.5, 0.6) is 0 Å². The summed E-state index contributed by atoms with van der Waals surface area (Å²) in [4.78, 5) is 2.36. The van der Waals surface area contributed by atoms with Crippen LogP contribution in [0.4, 0.5) is 0 Å². The van der Waals surface area contributed by atoms with Gasteiger partial charge in [-0.3, -0.25) is 11.3 Å². The number of hydrogen-bond donors (Lipinski definition) is 2. The molecule has 0 aromatic rings. The Morgan fingerprint density at radius 2 is 1.64 bits per heavy atom. The molecule has 0 spiro atoms. The van der Waals surface area contributed by atoms with Crippen LogP contribution in [0.25, 0.3) is 0 Å². The lowest BCUT2D eigenvalue weighted by molar-refractivity contribution is 0.0879. The fourth-order valence-electron chi connectivity index (χ4n) is 2.76. The van der Waals surface area contributed by atoms with Crippen LogP contribution in [-0.4, -0.2) is 30.6 Å². The van der Waals surface area contributed by atoms with Gasteiger partial charge in [0.1, 0.15) is 0 Å². The third kappa shape index (κ3) is 2.27. The van der Waals surface area contributed by atoms with Gasteiger partial charge >= 0.3 is 0 Å². The Balaban J connectivity index is 2.77. The van der Waals surface area contributed by atoms with Gasteiger partial charge in [-0.2, -0.15) is 0 Å². The average molecular weight is 199 g/mol. The van der Waals surface area contributed by atoms with Gasteiger partial charge in [-0.1, -0.05) is 25.7 Å². The van der Waals surface area contributed by atoms with Crippen LogP contribution in [0.15, 0.2) is 0 Å². The molecule has 84 valence electrons. The highest BCUT2D eigenvalue weighted by Crippen LogP contribution is 2.33. The first-order valence-electron chi connectivity index (χ1n) is 5.77. The third-order valence-electron chi connectivity index (χ3n) is 3.92. The number of hydrogen-bond acceptors (Lipinski definition) is 3. The molecule has 1 unspecified atom stereocenters. The predicted molar refractivity (Wildman–Crippen MR) is 60.9 cm³/mol. The normalized spacial score (nSPS) is 24.6. The van der Waals surface area contributed by atoms with E-state index in [0.717, 1.165) is 0 Å². The molecule has 3 nitrogen and oxygen atoms in total. The molecule has 0 amide bonds. The lowest BCUT2D eigenvalue weighted by atomic mass is 9.82. The first kappa shape index (κ1) is 12.0. The van der Waals surface area contributed by atoms with Crippen LogP contribution >= 0.6 is 0 Å². The lowest BCUT2D eigenvalue weighted by Crippen LogP contribution is -2.59. The summed E-state index contributed by atoms with van der Waals surface area (Å²) in [6.07, 6.45) is 7.98. The second-order valence-corrected chi connectivity index (χ2v) is 4.80. The van der Waals surface area contributed by atoms with Crippen molar-refractivity contribution in [2.24, 2.45) is 5.84 Å². The van der Waals surface area contributed by atoms with Crippen molar-refractivity contribution in [2.75, 3.05) is 14.1 Å². The van der Waals surface area contributed by atoms with E-state index < -0.39 is 0 Å². The van der Waals surface area contributed by atoms with Gasteiger partial charge in [0.25, 0.3) is 0 Å². The molecule has 0 aliphatic heterocycles. The van der Waals surface area contributed by atoms with E-state index in [1.165, 1.54) is 38.5 Å². The van der Waals surface area contributed by atoms with Gasteiger partial charge in [0.2, 0.25) is 0 Å². The molecule has 1 rings (SSSR count). The average Bonchev–Trinajstić information content (AvgIpc) is 2.42. The van der Waals surface area contributed by atoms with Crippen molar-refractivity contribution in [1.82, 2.24) is 10.3 Å². The zero-order valence-corrected chi connectivity index (χ0v) is 9.84. The van der Waals surface area contributed by atoms with E-state index in [2.05, 4.69) is 31.3 Å². The van der Waals surface area contributed by atoms with Gasteiger partial charge in [0.15, 0.2) is 0 Å². The number of nitrogens with one attached hydrogen (secondary N) is 1. The molecule has 1 aliphatic carbocycles. The highest BCUT2D eigenvalue weighted by Gasteiger charge is 2.37. The summed E-state index contributed by atoms with van der Waals surface area (Å²) in [6, 6.07) is 0.371. The molecule has 1 fully saturated rings. The zero-order chi connectivity index (χ0) is 10.6. The Morgan fingerprint density at radius 1 is 1.14 bits per heavy atom. The summed E-state index contributed by atoms with van der Waals surface area (Å²) < 4.78 is 0. The number of nitrogens with two attached hydrogens (primary N) is 1. The number of nitrogens with zero attached hydrogens (tertiary/aromatic N) is 1. The van der Waals surface area contributed by atoms with E-state index in [0.29, 0.717) is 6.04 Å². The topological polar surface area (TPSA) is 41.3 Å². The molecule has 0 radical (unpaired) electrons. The van der Waals surface area contributed by atoms with Gasteiger partial charge in [-0.25, -0.2) is 0 Å². The van der Waals surface area contributed by atoms with E-state index >= 15 is 0 Å². The SMILES string of the molecule is CC(NN)C1(N(C)C)CCCCCC1. The van der Waals surface area contributed by atoms with Gasteiger partial charge in [-0.05, 0) is 33.9 Å². The molecule has 0 aromatic carbocycles. The van der Waals surface area contributed by atoms with Crippen molar-refractivity contribution in [1.29, 1.82) is 0 Å². The number of rotatable bonds is 3. The Morgan fingerprint density at radius 3 is 2.00 bits per heavy atom. The smallest absolute Gasteiger partial charge is 0.0367 e. The van der Waals surface area contributed by atoms with Gasteiger partial charge < -0.3 is 4.90 Å². The van der Waals surface area contributed by atoms with Crippen LogP contribution < -0.4 is 11.3 Å². The maximum atomic E-state index is 5.60. The minimum Gasteiger partial charge on any atom is -0.302 e. The van der Waals surface area contributed by atoms with Crippen molar-refractivity contribution < 1.29 is 0 Å². The third-order valence-corrected chi connectivity index (χ3v) is 3.92. The van der Waals surface area contributed by atoms with Crippen LogP contribution in [-0.2, 0) is 0 Å². The standard InChI is InChI=1S/C11H25N3/c1-10(13-12)11(14(2)3)8-6-4-5-7-9-11/h10,13H,4-9,12H2,1-3H3. The summed E-state index contributed by atoms with van der Waals surface area (Å²) in [5, 5.41) is 0. The van der Waals surface area contributed by atoms with Gasteiger partial charge in [0, 0.05) is 11.6 Å². The molecule has 14 heavy (non-hydrogen) atoms. The van der Waals surface area contributed by atoms with Crippen LogP contribution in [0.1, 0.15) is 45.4 Å². The molecule has 1 atom stereocenters. The minimum atomic E-state index is 0.269. The van der Waals surface area contributed by atoms with E-state index in [1.807, 2.05) is 0 Å². The molecule has 0 bridgehead atoms. The van der Waals surface area contributed by atoms with Gasteiger partial charge in [-0.15, -0.1) is 0 Å². The summed E-state index contributed by atoms with van der Waals surface area (Å²) in [5.74, 6) is 5.60. The molecule has 0 aromatic heterocycles. The second-order valence-electron chi connectivity index (χ2n) is 4.80. The van der Waals surface area contributed by atoms with Crippen molar-refractivity contribution in [3.05, 3.63) is 0 Å². The quantitative estimate of drug-likeness (QED) is 0.411. The Labute approximate surface area is 88.0 Å². The van der Waals surface area contributed by atoms with E-state index in [9.17, 15) is 0 Å². The van der Waals surface area contributed by atoms with Crippen molar-refractivity contribution >= 4 is 0 Å². The zero-order valence-electron chi connectivity index (χ0n) is 9.84. The highest BCUT2D eigenvalue weighted by atomic mass is 15.3. The van der Waals surface area contributed by atoms with Crippen molar-refractivity contribution in [3.63, 3.8) is 0 Å². The van der Waals surface area contributed by atoms with Crippen LogP contribution in [0.2, 0.25) is 0 Å². The molecule has 3 heteroatoms. The van der Waals surface area contributed by atoms with E-state index in [-0.39, 0.29) is 5.54 Å². The molecule has 0 heterocycles. The van der Waals surface area contributed by atoms with Crippen molar-refractivity contribution in [3.8, 4) is 0 Å². The van der Waals surface area contributed by atoms with Gasteiger partial charge in [0.05, 0.1) is 0 Å². The summed E-state index contributed by atoms with van der Waals surface area (Å²) >= 11 is 0. The number of likely N-dealkylation sites (N-methyl/N-ethyl adjacent to an activating group) is 1. The molecular weight excluding hydrogens is 174 g/mol. The molecule has 1 saturated carbocycles. The predicted octanol–water partition coefficient (Wildman–Crippen LogP) is 1.49. The Bertz CT molecular complexity index is 160. The fraction of sp³-hybridized carbons (Fsp3) is 1.00. The maximum absolute atomic E-state index is 5.60. The Kier molecular flexibility index (Phi) is 4.35. The molecular formula is C11H25N3. The Hall–Kier alpha value is -0.120. The molecule has 1 aliphatic rings. The first-order chi connectivity index (χ1) is 6.63. The van der Waals surface area contributed by atoms with Crippen LogP contribution in [0.3, 0.4) is 0 Å². The summed E-state index contributed by atoms with van der Waals surface area (Å²) in [6.45, 7) is 2.20. The molecule has 0 saturated heterocycles. The number of hydrazine groups is 1. The van der Waals surface area contributed by atoms with Crippen molar-refractivity contribution in [2.45, 2.75) is 57.0 Å². The maximum Gasteiger partial charge on any atom is 0.0367 e.